The molecule has 2 nitrogen and oxygen atoms in total. The minimum absolute atomic E-state index is 0.137. The predicted molar refractivity (Wildman–Crippen MR) is 117 cm³/mol. The summed E-state index contributed by atoms with van der Waals surface area (Å²) in [6.07, 6.45) is 6.04. The van der Waals surface area contributed by atoms with Crippen LogP contribution in [-0.2, 0) is 12.8 Å². The van der Waals surface area contributed by atoms with Crippen LogP contribution in [0.2, 0.25) is 0 Å². The molecule has 154 valence electrons. The van der Waals surface area contributed by atoms with E-state index >= 15 is 0 Å². The highest BCUT2D eigenvalue weighted by Gasteiger charge is 2.14. The summed E-state index contributed by atoms with van der Waals surface area (Å²) < 4.78 is 17.8. The molecule has 3 rings (SSSR count). The van der Waals surface area contributed by atoms with Crippen molar-refractivity contribution in [3.8, 4) is 5.75 Å². The Labute approximate surface area is 170 Å². The van der Waals surface area contributed by atoms with Crippen LogP contribution in [0.15, 0.2) is 42.5 Å². The fourth-order valence-corrected chi connectivity index (χ4v) is 3.57. The first kappa shape index (κ1) is 22.4. The van der Waals surface area contributed by atoms with Crippen LogP contribution in [0.25, 0.3) is 0 Å². The third-order valence-electron chi connectivity index (χ3n) is 5.58. The summed E-state index contributed by atoms with van der Waals surface area (Å²) in [5.74, 6) is 1.73. The Hall–Kier alpha value is -1.87. The molecule has 1 aliphatic rings. The van der Waals surface area contributed by atoms with Gasteiger partial charge in [0.25, 0.3) is 0 Å². The van der Waals surface area contributed by atoms with Crippen LogP contribution in [0.4, 0.5) is 4.39 Å². The molecular weight excluding hydrogens is 349 g/mol. The summed E-state index contributed by atoms with van der Waals surface area (Å²) in [5.41, 5.74) is 3.73. The number of likely N-dealkylation sites (tertiary alicyclic amines) is 1. The number of halogens is 1. The van der Waals surface area contributed by atoms with Crippen molar-refractivity contribution in [2.45, 2.75) is 52.9 Å². The molecule has 1 fully saturated rings. The topological polar surface area (TPSA) is 12.5 Å². The van der Waals surface area contributed by atoms with Crippen molar-refractivity contribution < 1.29 is 9.13 Å². The monoisotopic (exact) mass is 385 g/mol. The zero-order valence-corrected chi connectivity index (χ0v) is 18.0. The predicted octanol–water partition coefficient (Wildman–Crippen LogP) is 6.06. The Morgan fingerprint density at radius 2 is 1.71 bits per heavy atom. The van der Waals surface area contributed by atoms with E-state index in [1.54, 1.807) is 13.2 Å². The van der Waals surface area contributed by atoms with Crippen molar-refractivity contribution in [2.75, 3.05) is 26.7 Å². The maximum atomic E-state index is 12.6. The minimum atomic E-state index is -0.137. The van der Waals surface area contributed by atoms with E-state index in [1.807, 2.05) is 25.1 Å². The molecule has 0 bridgehead atoms. The zero-order valence-electron chi connectivity index (χ0n) is 18.0. The Morgan fingerprint density at radius 1 is 1.04 bits per heavy atom. The van der Waals surface area contributed by atoms with Crippen molar-refractivity contribution in [1.82, 2.24) is 4.90 Å². The summed E-state index contributed by atoms with van der Waals surface area (Å²) in [5, 5.41) is 0. The van der Waals surface area contributed by atoms with Gasteiger partial charge in [-0.1, -0.05) is 38.5 Å². The van der Waals surface area contributed by atoms with Gasteiger partial charge in [0.05, 0.1) is 7.11 Å². The number of aryl methyl sites for hydroxylation is 2. The van der Waals surface area contributed by atoms with Crippen LogP contribution in [0.1, 0.15) is 49.8 Å². The lowest BCUT2D eigenvalue weighted by Gasteiger charge is -2.30. The van der Waals surface area contributed by atoms with Crippen LogP contribution < -0.4 is 4.74 Å². The zero-order chi connectivity index (χ0) is 20.4. The van der Waals surface area contributed by atoms with Crippen molar-refractivity contribution in [3.05, 3.63) is 65.0 Å². The first-order chi connectivity index (χ1) is 13.5. The van der Waals surface area contributed by atoms with Gasteiger partial charge in [-0.15, -0.1) is 0 Å². The lowest BCUT2D eigenvalue weighted by molar-refractivity contribution is 0.194. The summed E-state index contributed by atoms with van der Waals surface area (Å²) in [4.78, 5) is 2.59. The first-order valence-electron chi connectivity index (χ1n) is 10.6. The average molecular weight is 386 g/mol. The van der Waals surface area contributed by atoms with Crippen LogP contribution in [-0.4, -0.2) is 31.6 Å². The molecule has 0 radical (unpaired) electrons. The molecule has 1 heterocycles. The molecule has 3 heteroatoms. The summed E-state index contributed by atoms with van der Waals surface area (Å²) in [6.45, 7) is 10.2. The maximum absolute atomic E-state index is 12.6. The molecule has 28 heavy (non-hydrogen) atoms. The van der Waals surface area contributed by atoms with Gasteiger partial charge >= 0.3 is 0 Å². The van der Waals surface area contributed by atoms with Gasteiger partial charge in [-0.3, -0.25) is 0 Å². The molecule has 0 amide bonds. The highest BCUT2D eigenvalue weighted by Crippen LogP contribution is 2.17. The average Bonchev–Trinajstić information content (AvgIpc) is 2.71. The maximum Gasteiger partial charge on any atom is 0.123 e. The lowest BCUT2D eigenvalue weighted by atomic mass is 9.99. The highest BCUT2D eigenvalue weighted by atomic mass is 19.1. The number of nitrogens with zero attached hydrogens (tertiary/aromatic N) is 1. The second-order valence-electron chi connectivity index (χ2n) is 7.94. The number of hydrogen-bond donors (Lipinski definition) is 0. The van der Waals surface area contributed by atoms with E-state index in [4.69, 9.17) is 4.74 Å². The van der Waals surface area contributed by atoms with Gasteiger partial charge < -0.3 is 9.64 Å². The molecule has 0 unspecified atom stereocenters. The van der Waals surface area contributed by atoms with Crippen LogP contribution in [0, 0.1) is 18.7 Å². The number of hydrogen-bond acceptors (Lipinski definition) is 2. The number of rotatable bonds is 6. The van der Waals surface area contributed by atoms with E-state index in [9.17, 15) is 4.39 Å². The molecule has 1 saturated heterocycles. The van der Waals surface area contributed by atoms with Gasteiger partial charge in [0.15, 0.2) is 0 Å². The van der Waals surface area contributed by atoms with Crippen molar-refractivity contribution >= 4 is 0 Å². The molecule has 0 atom stereocenters. The van der Waals surface area contributed by atoms with E-state index in [-0.39, 0.29) is 5.82 Å². The summed E-state index contributed by atoms with van der Waals surface area (Å²) in [6, 6.07) is 13.4. The van der Waals surface area contributed by atoms with E-state index in [0.29, 0.717) is 0 Å². The molecule has 0 aromatic heterocycles. The van der Waals surface area contributed by atoms with Gasteiger partial charge in [0.2, 0.25) is 0 Å². The Morgan fingerprint density at radius 3 is 2.29 bits per heavy atom. The molecule has 0 spiro atoms. The van der Waals surface area contributed by atoms with E-state index in [2.05, 4.69) is 30.9 Å². The van der Waals surface area contributed by atoms with Gasteiger partial charge in [-0.25, -0.2) is 4.39 Å². The third-order valence-corrected chi connectivity index (χ3v) is 5.58. The lowest BCUT2D eigenvalue weighted by Crippen LogP contribution is -2.34. The number of piperidine rings is 1. The van der Waals surface area contributed by atoms with Gasteiger partial charge in [-0.2, -0.15) is 0 Å². The molecule has 1 aliphatic heterocycles. The van der Waals surface area contributed by atoms with E-state index in [1.165, 1.54) is 49.7 Å². The first-order valence-corrected chi connectivity index (χ1v) is 10.6. The van der Waals surface area contributed by atoms with Crippen molar-refractivity contribution in [1.29, 1.82) is 0 Å². The molecular formula is C25H36FNO. The standard InChI is InChI=1S/C15H23NO.C10H13F/c1-13-7-10-16(11-8-13)12-9-14-3-5-15(17-2)6-4-14;1-3-4-9-5-6-10(11)7-8(9)2/h3-6,13H,7-12H2,1-2H3;5-7H,3-4H2,1-2H3. The minimum Gasteiger partial charge on any atom is -0.497 e. The number of methoxy groups -OCH3 is 1. The normalized spacial score (nSPS) is 15.0. The van der Waals surface area contributed by atoms with E-state index in [0.717, 1.165) is 36.5 Å². The molecule has 0 N–H and O–H groups in total. The van der Waals surface area contributed by atoms with Crippen molar-refractivity contribution in [3.63, 3.8) is 0 Å². The highest BCUT2D eigenvalue weighted by molar-refractivity contribution is 5.27. The fraction of sp³-hybridized carbons (Fsp3) is 0.520. The van der Waals surface area contributed by atoms with Gasteiger partial charge in [-0.05, 0) is 92.6 Å². The second kappa shape index (κ2) is 11.9. The number of ether oxygens (including phenoxy) is 1. The SMILES string of the molecule is CCCc1ccc(F)cc1C.COc1ccc(CCN2CCC(C)CC2)cc1. The quantitative estimate of drug-likeness (QED) is 0.599. The smallest absolute Gasteiger partial charge is 0.123 e. The molecule has 0 aliphatic carbocycles. The second-order valence-corrected chi connectivity index (χ2v) is 7.94. The molecule has 2 aromatic carbocycles. The van der Waals surface area contributed by atoms with Crippen LogP contribution in [0.3, 0.4) is 0 Å². The van der Waals surface area contributed by atoms with E-state index < -0.39 is 0 Å². The van der Waals surface area contributed by atoms with Crippen LogP contribution in [0.5, 0.6) is 5.75 Å². The fourth-order valence-electron chi connectivity index (χ4n) is 3.57. The Balaban J connectivity index is 0.000000221. The molecule has 0 saturated carbocycles. The van der Waals surface area contributed by atoms with Gasteiger partial charge in [0, 0.05) is 6.54 Å². The molecule has 2 aromatic rings. The third kappa shape index (κ3) is 7.63. The largest absolute Gasteiger partial charge is 0.497 e. The summed E-state index contributed by atoms with van der Waals surface area (Å²) >= 11 is 0. The van der Waals surface area contributed by atoms with Crippen LogP contribution >= 0.6 is 0 Å². The van der Waals surface area contributed by atoms with Gasteiger partial charge in [0.1, 0.15) is 11.6 Å². The Bertz CT molecular complexity index is 690. The Kier molecular flexibility index (Phi) is 9.49. The number of benzene rings is 2. The summed E-state index contributed by atoms with van der Waals surface area (Å²) in [7, 11) is 1.71. The van der Waals surface area contributed by atoms with Crippen molar-refractivity contribution in [2.24, 2.45) is 5.92 Å².